The third-order valence-electron chi connectivity index (χ3n) is 4.67. The fourth-order valence-corrected chi connectivity index (χ4v) is 3.46. The van der Waals surface area contributed by atoms with Crippen LogP contribution in [0.1, 0.15) is 28.4 Å². The maximum Gasteiger partial charge on any atom is 0.221 e. The SMILES string of the molecule is CS/C(=C\C(=O)c1ccc(OCc2ccccc2)cc1)Nc1ccc(NC(C)=O)cc1C. The Bertz CT molecular complexity index is 1110. The minimum Gasteiger partial charge on any atom is -0.489 e. The maximum absolute atomic E-state index is 12.7. The lowest BCUT2D eigenvalue weighted by atomic mass is 10.1. The summed E-state index contributed by atoms with van der Waals surface area (Å²) in [6.07, 6.45) is 3.50. The highest BCUT2D eigenvalue weighted by Gasteiger charge is 2.08. The molecule has 0 radical (unpaired) electrons. The molecule has 5 nitrogen and oxygen atoms in total. The minimum absolute atomic E-state index is 0.0935. The lowest BCUT2D eigenvalue weighted by molar-refractivity contribution is -0.114. The Morgan fingerprint density at radius 3 is 2.31 bits per heavy atom. The van der Waals surface area contributed by atoms with Crippen LogP contribution in [-0.2, 0) is 11.4 Å². The van der Waals surface area contributed by atoms with Gasteiger partial charge < -0.3 is 15.4 Å². The van der Waals surface area contributed by atoms with E-state index in [1.54, 1.807) is 30.3 Å². The van der Waals surface area contributed by atoms with Crippen molar-refractivity contribution in [3.63, 3.8) is 0 Å². The number of hydrogen-bond donors (Lipinski definition) is 2. The number of hydrogen-bond acceptors (Lipinski definition) is 5. The smallest absolute Gasteiger partial charge is 0.221 e. The molecule has 0 saturated carbocycles. The van der Waals surface area contributed by atoms with Gasteiger partial charge in [0.1, 0.15) is 12.4 Å². The number of thioether (sulfide) groups is 1. The summed E-state index contributed by atoms with van der Waals surface area (Å²) in [7, 11) is 0. The van der Waals surface area contributed by atoms with Gasteiger partial charge in [0.2, 0.25) is 5.91 Å². The molecule has 0 saturated heterocycles. The van der Waals surface area contributed by atoms with E-state index in [2.05, 4.69) is 10.6 Å². The van der Waals surface area contributed by atoms with Crippen molar-refractivity contribution >= 4 is 34.8 Å². The second-order valence-corrected chi connectivity index (χ2v) is 8.06. The first kappa shape index (κ1) is 23.2. The summed E-state index contributed by atoms with van der Waals surface area (Å²) in [5.74, 6) is 0.508. The van der Waals surface area contributed by atoms with Gasteiger partial charge in [-0.25, -0.2) is 0 Å². The first-order chi connectivity index (χ1) is 15.4. The van der Waals surface area contributed by atoms with E-state index in [4.69, 9.17) is 4.74 Å². The number of benzene rings is 3. The molecule has 1 amide bonds. The third-order valence-corrected chi connectivity index (χ3v) is 5.33. The molecule has 0 fully saturated rings. The van der Waals surface area contributed by atoms with Crippen LogP contribution in [0.3, 0.4) is 0 Å². The van der Waals surface area contributed by atoms with Crippen LogP contribution in [0.5, 0.6) is 5.75 Å². The first-order valence-corrected chi connectivity index (χ1v) is 11.4. The quantitative estimate of drug-likeness (QED) is 0.310. The summed E-state index contributed by atoms with van der Waals surface area (Å²) >= 11 is 1.45. The van der Waals surface area contributed by atoms with Crippen LogP contribution in [-0.4, -0.2) is 17.9 Å². The number of anilines is 2. The van der Waals surface area contributed by atoms with Gasteiger partial charge in [0, 0.05) is 29.9 Å². The molecule has 3 rings (SSSR count). The summed E-state index contributed by atoms with van der Waals surface area (Å²) in [6.45, 7) is 3.90. The fraction of sp³-hybridized carbons (Fsp3) is 0.154. The number of nitrogens with one attached hydrogen (secondary N) is 2. The Balaban J connectivity index is 1.64. The second kappa shape index (κ2) is 11.2. The van der Waals surface area contributed by atoms with E-state index < -0.39 is 0 Å². The van der Waals surface area contributed by atoms with E-state index in [0.717, 1.165) is 27.5 Å². The zero-order chi connectivity index (χ0) is 22.9. The molecule has 0 atom stereocenters. The number of carbonyl (C=O) groups is 2. The van der Waals surface area contributed by atoms with Gasteiger partial charge in [-0.05, 0) is 66.8 Å². The molecule has 6 heteroatoms. The van der Waals surface area contributed by atoms with Crippen molar-refractivity contribution in [2.24, 2.45) is 0 Å². The molecule has 164 valence electrons. The molecule has 32 heavy (non-hydrogen) atoms. The number of amides is 1. The average molecular weight is 447 g/mol. The Kier molecular flexibility index (Phi) is 8.11. The summed E-state index contributed by atoms with van der Waals surface area (Å²) in [4.78, 5) is 24.0. The molecule has 0 aliphatic heterocycles. The van der Waals surface area contributed by atoms with Gasteiger partial charge in [0.05, 0.1) is 5.03 Å². The normalized spacial score (nSPS) is 11.0. The van der Waals surface area contributed by atoms with Crippen LogP contribution in [0.15, 0.2) is 83.9 Å². The van der Waals surface area contributed by atoms with Crippen LogP contribution in [0.4, 0.5) is 11.4 Å². The van der Waals surface area contributed by atoms with Crippen molar-refractivity contribution in [3.05, 3.63) is 101 Å². The van der Waals surface area contributed by atoms with E-state index in [1.807, 2.05) is 61.7 Å². The van der Waals surface area contributed by atoms with Gasteiger partial charge in [-0.2, -0.15) is 0 Å². The summed E-state index contributed by atoms with van der Waals surface area (Å²) in [5, 5.41) is 6.79. The Labute approximate surface area is 192 Å². The van der Waals surface area contributed by atoms with Gasteiger partial charge in [-0.3, -0.25) is 9.59 Å². The zero-order valence-corrected chi connectivity index (χ0v) is 19.2. The van der Waals surface area contributed by atoms with Crippen molar-refractivity contribution in [2.45, 2.75) is 20.5 Å². The van der Waals surface area contributed by atoms with Crippen LogP contribution in [0.2, 0.25) is 0 Å². The Morgan fingerprint density at radius 2 is 1.69 bits per heavy atom. The van der Waals surface area contributed by atoms with Gasteiger partial charge in [-0.1, -0.05) is 30.3 Å². The average Bonchev–Trinajstić information content (AvgIpc) is 2.79. The molecule has 0 unspecified atom stereocenters. The topological polar surface area (TPSA) is 67.4 Å². The molecule has 2 N–H and O–H groups in total. The van der Waals surface area contributed by atoms with Crippen LogP contribution in [0.25, 0.3) is 0 Å². The van der Waals surface area contributed by atoms with Gasteiger partial charge in [0.15, 0.2) is 5.78 Å². The van der Waals surface area contributed by atoms with E-state index in [1.165, 1.54) is 18.7 Å². The Morgan fingerprint density at radius 1 is 0.969 bits per heavy atom. The molecule has 0 bridgehead atoms. The van der Waals surface area contributed by atoms with Crippen molar-refractivity contribution < 1.29 is 14.3 Å². The molecule has 0 spiro atoms. The van der Waals surface area contributed by atoms with Gasteiger partial charge in [0.25, 0.3) is 0 Å². The van der Waals surface area contributed by atoms with E-state index >= 15 is 0 Å². The van der Waals surface area contributed by atoms with E-state index in [0.29, 0.717) is 17.9 Å². The molecule has 0 heterocycles. The Hall–Kier alpha value is -3.51. The number of allylic oxidation sites excluding steroid dienone is 1. The van der Waals surface area contributed by atoms with E-state index in [9.17, 15) is 9.59 Å². The van der Waals surface area contributed by atoms with Crippen LogP contribution < -0.4 is 15.4 Å². The predicted molar refractivity (Wildman–Crippen MR) is 132 cm³/mol. The molecule has 3 aromatic rings. The lowest BCUT2D eigenvalue weighted by Gasteiger charge is -2.13. The number of aryl methyl sites for hydroxylation is 1. The van der Waals surface area contributed by atoms with Crippen LogP contribution >= 0.6 is 11.8 Å². The van der Waals surface area contributed by atoms with Crippen molar-refractivity contribution in [2.75, 3.05) is 16.9 Å². The molecule has 0 aromatic heterocycles. The number of ketones is 1. The highest BCUT2D eigenvalue weighted by Crippen LogP contribution is 2.24. The highest BCUT2D eigenvalue weighted by atomic mass is 32.2. The van der Waals surface area contributed by atoms with Crippen molar-refractivity contribution in [3.8, 4) is 5.75 Å². The van der Waals surface area contributed by atoms with Crippen LogP contribution in [0, 0.1) is 6.92 Å². The van der Waals surface area contributed by atoms with Gasteiger partial charge in [-0.15, -0.1) is 11.8 Å². The molecular weight excluding hydrogens is 420 g/mol. The summed E-state index contributed by atoms with van der Waals surface area (Å²) in [6, 6.07) is 22.7. The minimum atomic E-state index is -0.114. The highest BCUT2D eigenvalue weighted by molar-refractivity contribution is 8.02. The third kappa shape index (κ3) is 6.75. The summed E-state index contributed by atoms with van der Waals surface area (Å²) in [5.41, 5.74) is 4.25. The predicted octanol–water partition coefficient (Wildman–Crippen LogP) is 6.03. The standard InChI is InChI=1S/C26H26N2O3S/c1-18-15-22(27-19(2)29)11-14-24(18)28-26(32-3)16-25(30)21-9-12-23(13-10-21)31-17-20-7-5-4-6-8-20/h4-16,28H,17H2,1-3H3,(H,27,29)/b26-16-. The molecule has 0 aliphatic rings. The maximum atomic E-state index is 12.7. The number of ether oxygens (including phenoxy) is 1. The van der Waals surface area contributed by atoms with Gasteiger partial charge >= 0.3 is 0 Å². The molecule has 0 aliphatic carbocycles. The first-order valence-electron chi connectivity index (χ1n) is 10.2. The largest absolute Gasteiger partial charge is 0.489 e. The second-order valence-electron chi connectivity index (χ2n) is 7.21. The summed E-state index contributed by atoms with van der Waals surface area (Å²) < 4.78 is 5.79. The zero-order valence-electron chi connectivity index (χ0n) is 18.3. The number of carbonyl (C=O) groups excluding carboxylic acids is 2. The molecule has 3 aromatic carbocycles. The van der Waals surface area contributed by atoms with Crippen molar-refractivity contribution in [1.82, 2.24) is 0 Å². The molecular formula is C26H26N2O3S. The lowest BCUT2D eigenvalue weighted by Crippen LogP contribution is -2.07. The monoisotopic (exact) mass is 446 g/mol. The number of rotatable bonds is 9. The van der Waals surface area contributed by atoms with Crippen molar-refractivity contribution in [1.29, 1.82) is 0 Å². The fourth-order valence-electron chi connectivity index (χ4n) is 3.02. The van der Waals surface area contributed by atoms with E-state index in [-0.39, 0.29) is 11.7 Å².